The zero-order valence-electron chi connectivity index (χ0n) is 31.0. The van der Waals surface area contributed by atoms with Crippen LogP contribution < -0.4 is 10.5 Å². The van der Waals surface area contributed by atoms with E-state index < -0.39 is 56.5 Å². The van der Waals surface area contributed by atoms with E-state index in [1.165, 1.54) is 39.0 Å². The molecule has 16 nitrogen and oxygen atoms in total. The minimum absolute atomic E-state index is 0.000648. The van der Waals surface area contributed by atoms with Gasteiger partial charge in [0, 0.05) is 30.8 Å². The molecule has 23 heteroatoms. The van der Waals surface area contributed by atoms with Crippen LogP contribution in [0.15, 0.2) is 43.0 Å². The third-order valence-corrected chi connectivity index (χ3v) is 14.3. The van der Waals surface area contributed by atoms with Crippen LogP contribution in [0, 0.1) is 75.6 Å². The molecule has 0 aromatic heterocycles. The van der Waals surface area contributed by atoms with Gasteiger partial charge in [0.15, 0.2) is 0 Å². The molecule has 0 aliphatic carbocycles. The van der Waals surface area contributed by atoms with Crippen LogP contribution >= 0.6 is 65.7 Å². The number of rotatable bonds is 8. The molecule has 308 valence electrons. The largest absolute Gasteiger partial charge is 0.478 e. The fraction of sp³-hybridized carbons (Fsp3) is 0.235. The van der Waals surface area contributed by atoms with Crippen molar-refractivity contribution in [2.24, 2.45) is 0 Å². The summed E-state index contributed by atoms with van der Waals surface area (Å²) in [6.07, 6.45) is 0. The lowest BCUT2D eigenvalue weighted by molar-refractivity contribution is -0.384. The van der Waals surface area contributed by atoms with Crippen LogP contribution in [-0.2, 0) is 19.1 Å². The molecule has 4 aromatic rings. The standard InChI is InChI=1S/C17H16BrClN2O6S.C9H8Cl2O4S.C8H9BrN2O2/c1-7-5-11(17(22)23)14(19)16(8(7)2)28(26,27)20-13-6-12(18)9(3)10(4)15(13)21(24)25;1-4-3-6(9(12)13)7(10)8(5(4)2)16(11,14)15;1-4-5(2)8(11(12)13)7(10)3-6(4)9/h5-6,20H,1-4H3,(H,22,23);3H,1-2H3,(H,12,13);3H,10H2,1-2H3. The molecule has 0 spiro atoms. The lowest BCUT2D eigenvalue weighted by Crippen LogP contribution is -2.18. The lowest BCUT2D eigenvalue weighted by Gasteiger charge is -2.17. The van der Waals surface area contributed by atoms with E-state index in [9.17, 15) is 51.8 Å². The zero-order valence-corrected chi connectivity index (χ0v) is 38.0. The monoisotopic (exact) mass is 1020 g/mol. The van der Waals surface area contributed by atoms with E-state index in [2.05, 4.69) is 36.6 Å². The summed E-state index contributed by atoms with van der Waals surface area (Å²) in [6.45, 7) is 12.8. The number of carboxylic acid groups (broad SMARTS) is 2. The first kappa shape index (κ1) is 49.1. The Morgan fingerprint density at radius 3 is 1.42 bits per heavy atom. The smallest absolute Gasteiger partial charge is 0.337 e. The van der Waals surface area contributed by atoms with E-state index in [0.717, 1.165) is 10.0 Å². The van der Waals surface area contributed by atoms with Crippen molar-refractivity contribution < 1.29 is 46.5 Å². The van der Waals surface area contributed by atoms with Gasteiger partial charge in [-0.25, -0.2) is 26.4 Å². The van der Waals surface area contributed by atoms with E-state index in [4.69, 9.17) is 44.7 Å². The molecule has 4 rings (SSSR count). The fourth-order valence-electron chi connectivity index (χ4n) is 5.13. The number of hydrogen-bond donors (Lipinski definition) is 4. The number of nitrogens with two attached hydrogens (primary N) is 1. The highest BCUT2D eigenvalue weighted by Crippen LogP contribution is 2.39. The number of hydrogen-bond acceptors (Lipinski definition) is 11. The van der Waals surface area contributed by atoms with Gasteiger partial charge in [-0.2, -0.15) is 0 Å². The van der Waals surface area contributed by atoms with Crippen molar-refractivity contribution >= 4 is 120 Å². The molecular formula is C34H33Br2Cl3N4O12S2. The average Bonchev–Trinajstić information content (AvgIpc) is 3.05. The summed E-state index contributed by atoms with van der Waals surface area (Å²) in [7, 11) is -3.28. The summed E-state index contributed by atoms with van der Waals surface area (Å²) in [4.78, 5) is 42.5. The Balaban J connectivity index is 0.000000326. The highest BCUT2D eigenvalue weighted by atomic mass is 79.9. The molecule has 0 atom stereocenters. The number of nitro benzene ring substituents is 2. The maximum atomic E-state index is 13.0. The minimum atomic E-state index is -4.43. The van der Waals surface area contributed by atoms with Gasteiger partial charge < -0.3 is 15.9 Å². The second-order valence-electron chi connectivity index (χ2n) is 12.2. The predicted octanol–water partition coefficient (Wildman–Crippen LogP) is 9.88. The van der Waals surface area contributed by atoms with Crippen molar-refractivity contribution in [3.05, 3.63) is 119 Å². The Morgan fingerprint density at radius 1 is 0.667 bits per heavy atom. The van der Waals surface area contributed by atoms with Crippen LogP contribution in [0.3, 0.4) is 0 Å². The number of carboxylic acids is 2. The number of sulfonamides is 1. The van der Waals surface area contributed by atoms with Crippen LogP contribution in [0.25, 0.3) is 0 Å². The third-order valence-electron chi connectivity index (χ3n) is 8.67. The van der Waals surface area contributed by atoms with E-state index >= 15 is 0 Å². The maximum Gasteiger partial charge on any atom is 0.337 e. The number of nitrogens with zero attached hydrogens (tertiary/aromatic N) is 2. The number of carbonyl (C=O) groups is 2. The van der Waals surface area contributed by atoms with Gasteiger partial charge in [-0.15, -0.1) is 0 Å². The molecule has 0 unspecified atom stereocenters. The predicted molar refractivity (Wildman–Crippen MR) is 225 cm³/mol. The molecule has 5 N–H and O–H groups in total. The highest BCUT2D eigenvalue weighted by molar-refractivity contribution is 9.10. The molecular weight excluding hydrogens is 987 g/mol. The number of nitrogen functional groups attached to an aromatic ring is 1. The fourth-order valence-corrected chi connectivity index (χ4v) is 10.4. The Bertz CT molecular complexity index is 2610. The van der Waals surface area contributed by atoms with E-state index in [1.54, 1.807) is 33.8 Å². The number of anilines is 2. The summed E-state index contributed by atoms with van der Waals surface area (Å²) >= 11 is 18.3. The van der Waals surface area contributed by atoms with E-state index in [0.29, 0.717) is 32.3 Å². The van der Waals surface area contributed by atoms with Crippen LogP contribution in [0.1, 0.15) is 65.2 Å². The van der Waals surface area contributed by atoms with Gasteiger partial charge in [-0.05, 0) is 113 Å². The van der Waals surface area contributed by atoms with Gasteiger partial charge in [0.25, 0.3) is 30.4 Å². The number of nitrogens with one attached hydrogen (secondary N) is 1. The minimum Gasteiger partial charge on any atom is -0.478 e. The van der Waals surface area contributed by atoms with Gasteiger partial charge in [0.05, 0.1) is 31.0 Å². The summed E-state index contributed by atoms with van der Waals surface area (Å²) in [5.74, 6) is -2.68. The molecule has 0 fully saturated rings. The normalized spacial score (nSPS) is 11.1. The summed E-state index contributed by atoms with van der Waals surface area (Å²) in [6, 6.07) is 5.43. The molecule has 57 heavy (non-hydrogen) atoms. The Hall–Kier alpha value is -4.05. The molecule has 0 bridgehead atoms. The molecule has 0 aliphatic rings. The lowest BCUT2D eigenvalue weighted by atomic mass is 10.1. The molecule has 0 saturated heterocycles. The Kier molecular flexibility index (Phi) is 16.1. The molecule has 0 radical (unpaired) electrons. The van der Waals surface area contributed by atoms with Gasteiger partial charge in [-0.3, -0.25) is 25.0 Å². The summed E-state index contributed by atoms with van der Waals surface area (Å²) in [5.41, 5.74) is 8.24. The molecule has 0 heterocycles. The van der Waals surface area contributed by atoms with Gasteiger partial charge in [0.2, 0.25) is 0 Å². The van der Waals surface area contributed by atoms with Crippen molar-refractivity contribution in [1.29, 1.82) is 0 Å². The van der Waals surface area contributed by atoms with Crippen molar-refractivity contribution in [1.82, 2.24) is 0 Å². The van der Waals surface area contributed by atoms with E-state index in [1.807, 2.05) is 6.92 Å². The van der Waals surface area contributed by atoms with Crippen LogP contribution in [0.5, 0.6) is 0 Å². The molecule has 0 amide bonds. The van der Waals surface area contributed by atoms with Gasteiger partial charge in [0.1, 0.15) is 21.2 Å². The summed E-state index contributed by atoms with van der Waals surface area (Å²) in [5, 5.41) is 39.4. The number of aromatic carboxylic acids is 2. The zero-order chi connectivity index (χ0) is 44.4. The first-order valence-electron chi connectivity index (χ1n) is 15.6. The number of nitro groups is 2. The first-order valence-corrected chi connectivity index (χ1v) is 21.7. The molecule has 4 aromatic carbocycles. The van der Waals surface area contributed by atoms with Crippen molar-refractivity contribution in [3.63, 3.8) is 0 Å². The second kappa shape index (κ2) is 18.7. The van der Waals surface area contributed by atoms with Crippen molar-refractivity contribution in [2.75, 3.05) is 10.5 Å². The SMILES string of the molecule is Cc1c(Br)cc(N)c([N+](=O)[O-])c1C.Cc1cc(C(=O)O)c(Cl)c(S(=O)(=O)Cl)c1C.Cc1cc(C(=O)O)c(Cl)c(S(=O)(=O)Nc2cc(Br)c(C)c(C)c2[N+](=O)[O-])c1C. The van der Waals surface area contributed by atoms with Crippen molar-refractivity contribution in [3.8, 4) is 0 Å². The molecule has 0 aliphatic heterocycles. The number of halogens is 5. The molecule has 0 saturated carbocycles. The average molecular weight is 1020 g/mol. The van der Waals surface area contributed by atoms with Crippen LogP contribution in [0.4, 0.5) is 22.7 Å². The first-order chi connectivity index (χ1) is 25.9. The van der Waals surface area contributed by atoms with Gasteiger partial charge >= 0.3 is 11.9 Å². The van der Waals surface area contributed by atoms with Gasteiger partial charge in [-0.1, -0.05) is 55.1 Å². The van der Waals surface area contributed by atoms with Crippen molar-refractivity contribution in [2.45, 2.75) is 65.2 Å². The number of benzene rings is 4. The van der Waals surface area contributed by atoms with Crippen LogP contribution in [0.2, 0.25) is 10.0 Å². The highest BCUT2D eigenvalue weighted by Gasteiger charge is 2.31. The second-order valence-corrected chi connectivity index (χ2v) is 18.8. The third kappa shape index (κ3) is 10.9. The number of aryl methyl sites for hydroxylation is 2. The quantitative estimate of drug-likeness (QED) is 0.0554. The topological polar surface area (TPSA) is 267 Å². The maximum absolute atomic E-state index is 13.0. The Morgan fingerprint density at radius 2 is 1.04 bits per heavy atom. The van der Waals surface area contributed by atoms with Crippen LogP contribution in [-0.4, -0.2) is 48.8 Å². The summed E-state index contributed by atoms with van der Waals surface area (Å²) < 4.78 is 52.1. The Labute approximate surface area is 358 Å². The van der Waals surface area contributed by atoms with E-state index in [-0.39, 0.29) is 49.2 Å².